The van der Waals surface area contributed by atoms with Crippen molar-refractivity contribution < 1.29 is 4.74 Å². The maximum atomic E-state index is 6.04. The van der Waals surface area contributed by atoms with E-state index in [1.54, 1.807) is 0 Å². The van der Waals surface area contributed by atoms with Crippen LogP contribution in [0.15, 0.2) is 22.7 Å². The summed E-state index contributed by atoms with van der Waals surface area (Å²) in [7, 11) is 4.15. The Morgan fingerprint density at radius 1 is 0.935 bits per heavy atom. The van der Waals surface area contributed by atoms with Gasteiger partial charge in [0.1, 0.15) is 12.6 Å². The fourth-order valence-corrected chi connectivity index (χ4v) is 4.30. The number of hydrogen-bond donors (Lipinski definition) is 0. The van der Waals surface area contributed by atoms with E-state index in [4.69, 9.17) is 9.72 Å². The minimum Gasteiger partial charge on any atom is -0.361 e. The Morgan fingerprint density at radius 3 is 2.16 bits per heavy atom. The van der Waals surface area contributed by atoms with Gasteiger partial charge in [-0.1, -0.05) is 88.1 Å². The Labute approximate surface area is 198 Å². The SMILES string of the molecule is CN(C)Cc1nc2ccc(Br)cc2n1COCCCCCCCCCCCC(C)(C)C. The summed E-state index contributed by atoms with van der Waals surface area (Å²) >= 11 is 3.58. The third kappa shape index (κ3) is 10.5. The zero-order chi connectivity index (χ0) is 22.7. The number of benzene rings is 1. The van der Waals surface area contributed by atoms with Crippen molar-refractivity contribution in [2.45, 2.75) is 98.3 Å². The summed E-state index contributed by atoms with van der Waals surface area (Å²) in [6.45, 7) is 9.24. The van der Waals surface area contributed by atoms with Gasteiger partial charge in [-0.05, 0) is 50.6 Å². The molecule has 1 heterocycles. The number of ether oxygens (including phenoxy) is 1. The van der Waals surface area contributed by atoms with Crippen LogP contribution in [-0.2, 0) is 18.0 Å². The first-order valence-corrected chi connectivity index (χ1v) is 12.9. The number of aromatic nitrogens is 2. The highest BCUT2D eigenvalue weighted by molar-refractivity contribution is 9.10. The van der Waals surface area contributed by atoms with Crippen molar-refractivity contribution in [1.82, 2.24) is 14.5 Å². The third-order valence-electron chi connectivity index (χ3n) is 5.68. The van der Waals surface area contributed by atoms with E-state index in [1.165, 1.54) is 57.8 Å². The highest BCUT2D eigenvalue weighted by Crippen LogP contribution is 2.23. The van der Waals surface area contributed by atoms with Crippen molar-refractivity contribution in [2.24, 2.45) is 5.41 Å². The molecule has 0 saturated carbocycles. The Balaban J connectivity index is 1.59. The highest BCUT2D eigenvalue weighted by Gasteiger charge is 2.12. The lowest BCUT2D eigenvalue weighted by Crippen LogP contribution is -2.16. The van der Waals surface area contributed by atoms with Crippen molar-refractivity contribution in [1.29, 1.82) is 0 Å². The molecule has 0 aliphatic rings. The monoisotopic (exact) mass is 493 g/mol. The van der Waals surface area contributed by atoms with Gasteiger partial charge in [-0.2, -0.15) is 0 Å². The third-order valence-corrected chi connectivity index (χ3v) is 6.18. The van der Waals surface area contributed by atoms with Crippen molar-refractivity contribution in [3.63, 3.8) is 0 Å². The molecule has 176 valence electrons. The van der Waals surface area contributed by atoms with E-state index in [1.807, 2.05) is 6.07 Å². The van der Waals surface area contributed by atoms with Gasteiger partial charge >= 0.3 is 0 Å². The van der Waals surface area contributed by atoms with Crippen molar-refractivity contribution >= 4 is 27.0 Å². The number of rotatable bonds is 15. The molecule has 31 heavy (non-hydrogen) atoms. The van der Waals surface area contributed by atoms with E-state index in [9.17, 15) is 0 Å². The highest BCUT2D eigenvalue weighted by atomic mass is 79.9. The van der Waals surface area contributed by atoms with Crippen LogP contribution in [0.25, 0.3) is 11.0 Å². The zero-order valence-corrected chi connectivity index (χ0v) is 22.1. The molecule has 0 bridgehead atoms. The molecule has 0 saturated heterocycles. The minimum atomic E-state index is 0.498. The predicted octanol–water partition coefficient (Wildman–Crippen LogP) is 7.78. The first-order valence-electron chi connectivity index (χ1n) is 12.1. The molecule has 0 atom stereocenters. The molecule has 0 aliphatic carbocycles. The largest absolute Gasteiger partial charge is 0.361 e. The second kappa shape index (κ2) is 13.6. The summed E-state index contributed by atoms with van der Waals surface area (Å²) in [6.07, 6.45) is 13.5. The van der Waals surface area contributed by atoms with E-state index in [2.05, 4.69) is 72.4 Å². The second-order valence-corrected chi connectivity index (χ2v) is 11.3. The molecule has 5 heteroatoms. The van der Waals surface area contributed by atoms with Gasteiger partial charge in [0, 0.05) is 11.1 Å². The molecule has 0 fully saturated rings. The fraction of sp³-hybridized carbons (Fsp3) is 0.731. The molecular formula is C26H44BrN3O. The van der Waals surface area contributed by atoms with E-state index >= 15 is 0 Å². The quantitative estimate of drug-likeness (QED) is 0.237. The molecule has 0 spiro atoms. The molecule has 0 radical (unpaired) electrons. The minimum absolute atomic E-state index is 0.498. The van der Waals surface area contributed by atoms with Gasteiger partial charge < -0.3 is 14.2 Å². The molecule has 1 aromatic carbocycles. The van der Waals surface area contributed by atoms with Crippen molar-refractivity contribution in [3.8, 4) is 0 Å². The second-order valence-electron chi connectivity index (χ2n) is 10.4. The van der Waals surface area contributed by atoms with E-state index in [0.717, 1.165) is 40.9 Å². The normalized spacial score (nSPS) is 12.4. The Hall–Kier alpha value is -0.910. The smallest absolute Gasteiger partial charge is 0.125 e. The summed E-state index contributed by atoms with van der Waals surface area (Å²) in [5, 5.41) is 0. The number of unbranched alkanes of at least 4 members (excludes halogenated alkanes) is 8. The summed E-state index contributed by atoms with van der Waals surface area (Å²) in [5.74, 6) is 1.06. The van der Waals surface area contributed by atoms with Crippen LogP contribution >= 0.6 is 15.9 Å². The van der Waals surface area contributed by atoms with Gasteiger partial charge in [0.05, 0.1) is 17.6 Å². The molecule has 0 N–H and O–H groups in total. The Morgan fingerprint density at radius 2 is 1.55 bits per heavy atom. The summed E-state index contributed by atoms with van der Waals surface area (Å²) in [5.41, 5.74) is 2.66. The van der Waals surface area contributed by atoms with Crippen molar-refractivity contribution in [2.75, 3.05) is 20.7 Å². The standard InChI is InChI=1S/C26H44BrN3O/c1-26(2,3)17-13-11-9-7-6-8-10-12-14-18-31-21-30-24-19-22(27)15-16-23(24)28-25(30)20-29(4)5/h15-16,19H,6-14,17-18,20-21H2,1-5H3. The molecular weight excluding hydrogens is 450 g/mol. The average molecular weight is 495 g/mol. The van der Waals surface area contributed by atoms with Gasteiger partial charge in [-0.3, -0.25) is 0 Å². The number of fused-ring (bicyclic) bond motifs is 1. The topological polar surface area (TPSA) is 30.3 Å². The number of nitrogens with zero attached hydrogens (tertiary/aromatic N) is 3. The van der Waals surface area contributed by atoms with Crippen LogP contribution in [0.5, 0.6) is 0 Å². The molecule has 0 unspecified atom stereocenters. The van der Waals surface area contributed by atoms with Gasteiger partial charge in [0.25, 0.3) is 0 Å². The average Bonchev–Trinajstić information content (AvgIpc) is 3.00. The van der Waals surface area contributed by atoms with Gasteiger partial charge in [-0.25, -0.2) is 4.98 Å². The van der Waals surface area contributed by atoms with Crippen LogP contribution < -0.4 is 0 Å². The molecule has 0 amide bonds. The van der Waals surface area contributed by atoms with Crippen LogP contribution in [0, 0.1) is 5.41 Å². The molecule has 1 aromatic heterocycles. The molecule has 4 nitrogen and oxygen atoms in total. The predicted molar refractivity (Wildman–Crippen MR) is 136 cm³/mol. The van der Waals surface area contributed by atoms with Gasteiger partial charge in [0.2, 0.25) is 0 Å². The maximum Gasteiger partial charge on any atom is 0.125 e. The summed E-state index contributed by atoms with van der Waals surface area (Å²) in [4.78, 5) is 6.95. The van der Waals surface area contributed by atoms with Gasteiger partial charge in [0.15, 0.2) is 0 Å². The number of imidazole rings is 1. The van der Waals surface area contributed by atoms with Crippen LogP contribution in [0.3, 0.4) is 0 Å². The Kier molecular flexibility index (Phi) is 11.6. The lowest BCUT2D eigenvalue weighted by Gasteiger charge is -2.17. The number of hydrogen-bond acceptors (Lipinski definition) is 3. The zero-order valence-electron chi connectivity index (χ0n) is 20.6. The summed E-state index contributed by atoms with van der Waals surface area (Å²) in [6, 6.07) is 6.25. The Bertz CT molecular complexity index is 764. The van der Waals surface area contributed by atoms with E-state index in [0.29, 0.717) is 12.1 Å². The van der Waals surface area contributed by atoms with Gasteiger partial charge in [-0.15, -0.1) is 0 Å². The fourth-order valence-electron chi connectivity index (χ4n) is 3.95. The first-order chi connectivity index (χ1) is 14.8. The summed E-state index contributed by atoms with van der Waals surface area (Å²) < 4.78 is 9.32. The molecule has 2 aromatic rings. The lowest BCUT2D eigenvalue weighted by atomic mass is 9.89. The molecule has 0 aliphatic heterocycles. The van der Waals surface area contributed by atoms with Crippen LogP contribution in [-0.4, -0.2) is 35.2 Å². The van der Waals surface area contributed by atoms with Crippen LogP contribution in [0.1, 0.15) is 90.8 Å². The maximum absolute atomic E-state index is 6.04. The first kappa shape index (κ1) is 26.3. The van der Waals surface area contributed by atoms with E-state index < -0.39 is 0 Å². The number of halogens is 1. The molecule has 2 rings (SSSR count). The van der Waals surface area contributed by atoms with Crippen molar-refractivity contribution in [3.05, 3.63) is 28.5 Å². The van der Waals surface area contributed by atoms with Crippen LogP contribution in [0.4, 0.5) is 0 Å². The van der Waals surface area contributed by atoms with E-state index in [-0.39, 0.29) is 0 Å². The lowest BCUT2D eigenvalue weighted by molar-refractivity contribution is 0.0734. The van der Waals surface area contributed by atoms with Crippen LogP contribution in [0.2, 0.25) is 0 Å².